The molecule has 5 unspecified atom stereocenters. The molecular weight excluding hydrogens is 504 g/mol. The minimum absolute atomic E-state index is 0.0528. The van der Waals surface area contributed by atoms with E-state index >= 15 is 0 Å². The van der Waals surface area contributed by atoms with Gasteiger partial charge in [-0.1, -0.05) is 80.9 Å². The van der Waals surface area contributed by atoms with Gasteiger partial charge in [0, 0.05) is 12.8 Å². The average Bonchev–Trinajstić information content (AvgIpc) is 2.90. The molecule has 7 N–H and O–H groups in total. The first kappa shape index (κ1) is 31.0. The van der Waals surface area contributed by atoms with Crippen molar-refractivity contribution >= 4 is 29.7 Å². The first-order valence-electron chi connectivity index (χ1n) is 12.7. The monoisotopic (exact) mass is 540 g/mol. The number of carboxylic acid groups (broad SMARTS) is 2. The molecule has 210 valence electrons. The highest BCUT2D eigenvalue weighted by Gasteiger charge is 2.33. The lowest BCUT2D eigenvalue weighted by atomic mass is 9.96. The van der Waals surface area contributed by atoms with Gasteiger partial charge in [0.15, 0.2) is 0 Å². The Balaban J connectivity index is 2.23. The summed E-state index contributed by atoms with van der Waals surface area (Å²) in [6, 6.07) is 12.8. The molecule has 0 saturated carbocycles. The SMILES string of the molecule is CCC(C)C(NC(=O)C(Cc1ccccc1)NC(=O)C(N)CC(=O)O)C(=O)NC(Cc1ccccc1)C(=O)O. The van der Waals surface area contributed by atoms with Crippen LogP contribution in [-0.4, -0.2) is 64.0 Å². The maximum absolute atomic E-state index is 13.4. The minimum atomic E-state index is -1.38. The zero-order chi connectivity index (χ0) is 28.9. The summed E-state index contributed by atoms with van der Waals surface area (Å²) in [6.45, 7) is 3.56. The molecule has 5 atom stereocenters. The molecule has 2 aromatic rings. The van der Waals surface area contributed by atoms with Crippen molar-refractivity contribution in [2.45, 2.75) is 63.7 Å². The van der Waals surface area contributed by atoms with Crippen LogP contribution in [0.5, 0.6) is 0 Å². The van der Waals surface area contributed by atoms with Crippen LogP contribution in [0.1, 0.15) is 37.8 Å². The van der Waals surface area contributed by atoms with Crippen LogP contribution in [0.2, 0.25) is 0 Å². The Bertz CT molecular complexity index is 1130. The molecule has 0 aliphatic heterocycles. The number of nitrogens with two attached hydrogens (primary N) is 1. The molecule has 0 aliphatic carbocycles. The average molecular weight is 541 g/mol. The molecule has 3 amide bonds. The molecule has 39 heavy (non-hydrogen) atoms. The van der Waals surface area contributed by atoms with Crippen LogP contribution in [0.3, 0.4) is 0 Å². The van der Waals surface area contributed by atoms with Gasteiger partial charge in [0.25, 0.3) is 0 Å². The second-order valence-corrected chi connectivity index (χ2v) is 9.42. The van der Waals surface area contributed by atoms with E-state index in [-0.39, 0.29) is 18.8 Å². The van der Waals surface area contributed by atoms with Crippen molar-refractivity contribution in [1.29, 1.82) is 0 Å². The normalized spacial score (nSPS) is 14.6. The second-order valence-electron chi connectivity index (χ2n) is 9.42. The van der Waals surface area contributed by atoms with Crippen molar-refractivity contribution in [2.24, 2.45) is 11.7 Å². The summed E-state index contributed by atoms with van der Waals surface area (Å²) >= 11 is 0. The number of hydrogen-bond donors (Lipinski definition) is 6. The Morgan fingerprint density at radius 1 is 0.744 bits per heavy atom. The van der Waals surface area contributed by atoms with E-state index in [2.05, 4.69) is 16.0 Å². The summed E-state index contributed by atoms with van der Waals surface area (Å²) in [5.74, 6) is -5.05. The highest BCUT2D eigenvalue weighted by molar-refractivity contribution is 5.95. The van der Waals surface area contributed by atoms with Crippen molar-refractivity contribution in [3.05, 3.63) is 71.8 Å². The molecule has 0 radical (unpaired) electrons. The van der Waals surface area contributed by atoms with Gasteiger partial charge in [0.1, 0.15) is 18.1 Å². The first-order valence-corrected chi connectivity index (χ1v) is 12.7. The van der Waals surface area contributed by atoms with E-state index in [0.717, 1.165) is 5.56 Å². The quantitative estimate of drug-likeness (QED) is 0.192. The number of aliphatic carboxylic acids is 2. The molecule has 0 aromatic heterocycles. The lowest BCUT2D eigenvalue weighted by molar-refractivity contribution is -0.142. The first-order chi connectivity index (χ1) is 18.5. The molecular formula is C28H36N4O7. The number of nitrogens with one attached hydrogen (secondary N) is 3. The zero-order valence-electron chi connectivity index (χ0n) is 22.0. The van der Waals surface area contributed by atoms with E-state index in [1.54, 1.807) is 67.6 Å². The van der Waals surface area contributed by atoms with Gasteiger partial charge in [-0.25, -0.2) is 4.79 Å². The van der Waals surface area contributed by atoms with E-state index in [1.165, 1.54) is 0 Å². The van der Waals surface area contributed by atoms with Gasteiger partial charge in [-0.15, -0.1) is 0 Å². The number of carbonyl (C=O) groups excluding carboxylic acids is 3. The predicted molar refractivity (Wildman–Crippen MR) is 143 cm³/mol. The molecule has 11 heteroatoms. The Morgan fingerprint density at radius 3 is 1.69 bits per heavy atom. The topological polar surface area (TPSA) is 188 Å². The number of hydrogen-bond acceptors (Lipinski definition) is 6. The predicted octanol–water partition coefficient (Wildman–Crippen LogP) is 0.859. The summed E-state index contributed by atoms with van der Waals surface area (Å²) in [5.41, 5.74) is 7.11. The van der Waals surface area contributed by atoms with E-state index in [9.17, 15) is 29.1 Å². The lowest BCUT2D eigenvalue weighted by Crippen LogP contribution is -2.59. The van der Waals surface area contributed by atoms with Crippen LogP contribution < -0.4 is 21.7 Å². The van der Waals surface area contributed by atoms with E-state index in [1.807, 2.05) is 6.92 Å². The van der Waals surface area contributed by atoms with Gasteiger partial charge < -0.3 is 31.9 Å². The third-order valence-electron chi connectivity index (χ3n) is 6.34. The second kappa shape index (κ2) is 15.2. The fourth-order valence-corrected chi connectivity index (χ4v) is 3.89. The minimum Gasteiger partial charge on any atom is -0.481 e. The van der Waals surface area contributed by atoms with E-state index < -0.39 is 60.2 Å². The van der Waals surface area contributed by atoms with Crippen molar-refractivity contribution in [2.75, 3.05) is 0 Å². The van der Waals surface area contributed by atoms with Crippen LogP contribution in [-0.2, 0) is 36.8 Å². The molecule has 0 aliphatic rings. The van der Waals surface area contributed by atoms with Crippen LogP contribution in [0.4, 0.5) is 0 Å². The maximum Gasteiger partial charge on any atom is 0.326 e. The fourth-order valence-electron chi connectivity index (χ4n) is 3.89. The molecule has 0 saturated heterocycles. The van der Waals surface area contributed by atoms with Gasteiger partial charge in [-0.05, 0) is 17.0 Å². The van der Waals surface area contributed by atoms with E-state index in [4.69, 9.17) is 10.8 Å². The molecule has 11 nitrogen and oxygen atoms in total. The molecule has 0 heterocycles. The standard InChI is InChI=1S/C28H36N4O7/c1-3-17(2)24(27(37)31-22(28(38)39)15-19-12-8-5-9-13-19)32-26(36)21(14-18-10-6-4-7-11-18)30-25(35)20(29)16-23(33)34/h4-13,17,20-22,24H,3,14-16,29H2,1-2H3,(H,30,35)(H,31,37)(H,32,36)(H,33,34)(H,38,39). The highest BCUT2D eigenvalue weighted by Crippen LogP contribution is 2.12. The Labute approximate surface area is 227 Å². The van der Waals surface area contributed by atoms with E-state index in [0.29, 0.717) is 12.0 Å². The van der Waals surface area contributed by atoms with Crippen molar-refractivity contribution in [3.63, 3.8) is 0 Å². The highest BCUT2D eigenvalue weighted by atomic mass is 16.4. The van der Waals surface area contributed by atoms with Crippen molar-refractivity contribution in [3.8, 4) is 0 Å². The van der Waals surface area contributed by atoms with Gasteiger partial charge in [-0.3, -0.25) is 19.2 Å². The van der Waals surface area contributed by atoms with Gasteiger partial charge in [0.05, 0.1) is 12.5 Å². The van der Waals surface area contributed by atoms with Crippen LogP contribution in [0, 0.1) is 5.92 Å². The third-order valence-corrected chi connectivity index (χ3v) is 6.34. The molecule has 0 fully saturated rings. The molecule has 0 spiro atoms. The lowest BCUT2D eigenvalue weighted by Gasteiger charge is -2.28. The smallest absolute Gasteiger partial charge is 0.326 e. The molecule has 0 bridgehead atoms. The molecule has 2 rings (SSSR count). The van der Waals surface area contributed by atoms with Gasteiger partial charge in [0.2, 0.25) is 17.7 Å². The Kier molecular flexibility index (Phi) is 12.1. The summed E-state index contributed by atoms with van der Waals surface area (Å²) in [7, 11) is 0. The maximum atomic E-state index is 13.4. The number of carboxylic acids is 2. The van der Waals surface area contributed by atoms with Crippen molar-refractivity contribution in [1.82, 2.24) is 16.0 Å². The zero-order valence-corrected chi connectivity index (χ0v) is 22.0. The number of carbonyl (C=O) groups is 5. The van der Waals surface area contributed by atoms with Gasteiger partial charge in [-0.2, -0.15) is 0 Å². The van der Waals surface area contributed by atoms with Gasteiger partial charge >= 0.3 is 11.9 Å². The summed E-state index contributed by atoms with van der Waals surface area (Å²) in [6.07, 6.45) is -0.0224. The number of rotatable bonds is 15. The van der Waals surface area contributed by atoms with Crippen molar-refractivity contribution < 1.29 is 34.2 Å². The summed E-state index contributed by atoms with van der Waals surface area (Å²) in [5, 5.41) is 26.4. The van der Waals surface area contributed by atoms with Crippen LogP contribution in [0.25, 0.3) is 0 Å². The number of benzene rings is 2. The van der Waals surface area contributed by atoms with Crippen LogP contribution in [0.15, 0.2) is 60.7 Å². The third kappa shape index (κ3) is 10.2. The largest absolute Gasteiger partial charge is 0.481 e. The molecule has 2 aromatic carbocycles. The summed E-state index contributed by atoms with van der Waals surface area (Å²) in [4.78, 5) is 62.1. The Morgan fingerprint density at radius 2 is 1.23 bits per heavy atom. The Hall–Kier alpha value is -4.25. The fraction of sp³-hybridized carbons (Fsp3) is 0.393. The van der Waals surface area contributed by atoms with Crippen LogP contribution >= 0.6 is 0 Å². The number of amides is 3. The summed E-state index contributed by atoms with van der Waals surface area (Å²) < 4.78 is 0.